The molecule has 1 fully saturated rings. The van der Waals surface area contributed by atoms with Crippen LogP contribution in [0.25, 0.3) is 0 Å². The molecule has 1 aromatic rings. The first-order valence-corrected chi connectivity index (χ1v) is 8.29. The molecular weight excluding hydrogens is 274 g/mol. The molecule has 1 aromatic carbocycles. The number of nitrogens with zero attached hydrogens (tertiary/aromatic N) is 2. The van der Waals surface area contributed by atoms with Crippen molar-refractivity contribution in [1.29, 1.82) is 0 Å². The molecule has 0 saturated carbocycles. The molecule has 2 N–H and O–H groups in total. The zero-order chi connectivity index (χ0) is 14.9. The summed E-state index contributed by atoms with van der Waals surface area (Å²) in [7, 11) is 0.202. The van der Waals surface area contributed by atoms with Gasteiger partial charge in [0.2, 0.25) is 10.0 Å². The summed E-state index contributed by atoms with van der Waals surface area (Å²) in [6.45, 7) is 3.75. The molecule has 1 aliphatic rings. The van der Waals surface area contributed by atoms with Crippen LogP contribution in [0.3, 0.4) is 0 Å². The Morgan fingerprint density at radius 1 is 1.30 bits per heavy atom. The monoisotopic (exact) mass is 297 g/mol. The number of sulfonamides is 1. The predicted molar refractivity (Wildman–Crippen MR) is 81.1 cm³/mol. The maximum atomic E-state index is 12.7. The number of hydrogen-bond acceptors (Lipinski definition) is 4. The van der Waals surface area contributed by atoms with Crippen LogP contribution in [0.4, 0.5) is 5.69 Å². The van der Waals surface area contributed by atoms with Crippen molar-refractivity contribution in [2.45, 2.75) is 30.7 Å². The minimum Gasteiger partial charge on any atom is -0.398 e. The van der Waals surface area contributed by atoms with Crippen molar-refractivity contribution < 1.29 is 8.42 Å². The van der Waals surface area contributed by atoms with Gasteiger partial charge in [0, 0.05) is 13.1 Å². The average molecular weight is 297 g/mol. The molecular formula is C14H23N3O2S. The first-order chi connectivity index (χ1) is 9.32. The lowest BCUT2D eigenvalue weighted by Crippen LogP contribution is -2.44. The van der Waals surface area contributed by atoms with Crippen LogP contribution in [0.2, 0.25) is 0 Å². The topological polar surface area (TPSA) is 66.6 Å². The van der Waals surface area contributed by atoms with Crippen LogP contribution >= 0.6 is 0 Å². The molecule has 0 aliphatic carbocycles. The van der Waals surface area contributed by atoms with Gasteiger partial charge in [-0.2, -0.15) is 4.31 Å². The number of piperidine rings is 1. The summed E-state index contributed by atoms with van der Waals surface area (Å²) in [5.74, 6) is 0. The fourth-order valence-electron chi connectivity index (χ4n) is 2.61. The first kappa shape index (κ1) is 15.3. The van der Waals surface area contributed by atoms with Crippen LogP contribution in [-0.4, -0.2) is 50.8 Å². The molecule has 20 heavy (non-hydrogen) atoms. The van der Waals surface area contributed by atoms with Gasteiger partial charge < -0.3 is 10.6 Å². The molecule has 5 nitrogen and oxygen atoms in total. The summed E-state index contributed by atoms with van der Waals surface area (Å²) in [6, 6.07) is 5.14. The molecule has 1 aliphatic heterocycles. The zero-order valence-corrected chi connectivity index (χ0v) is 13.2. The largest absolute Gasteiger partial charge is 0.398 e. The molecule has 0 unspecified atom stereocenters. The van der Waals surface area contributed by atoms with Crippen molar-refractivity contribution in [3.8, 4) is 0 Å². The molecule has 0 spiro atoms. The fraction of sp³-hybridized carbons (Fsp3) is 0.571. The van der Waals surface area contributed by atoms with Gasteiger partial charge >= 0.3 is 0 Å². The third kappa shape index (κ3) is 2.97. The van der Waals surface area contributed by atoms with Gasteiger partial charge in [0.1, 0.15) is 4.90 Å². The highest BCUT2D eigenvalue weighted by Crippen LogP contribution is 2.26. The molecule has 112 valence electrons. The SMILES string of the molecule is Cc1ccc(S(=O)(=O)N(C)C2CCN(C)CC2)c(N)c1. The number of nitrogen functional groups attached to an aromatic ring is 1. The number of nitrogens with two attached hydrogens (primary N) is 1. The van der Waals surface area contributed by atoms with Crippen molar-refractivity contribution in [2.24, 2.45) is 0 Å². The van der Waals surface area contributed by atoms with Crippen molar-refractivity contribution in [2.75, 3.05) is 32.9 Å². The second kappa shape index (κ2) is 5.71. The van der Waals surface area contributed by atoms with E-state index >= 15 is 0 Å². The number of hydrogen-bond donors (Lipinski definition) is 1. The van der Waals surface area contributed by atoms with Crippen molar-refractivity contribution in [1.82, 2.24) is 9.21 Å². The van der Waals surface area contributed by atoms with Crippen molar-refractivity contribution >= 4 is 15.7 Å². The van der Waals surface area contributed by atoms with Crippen molar-refractivity contribution in [3.63, 3.8) is 0 Å². The van der Waals surface area contributed by atoms with Crippen molar-refractivity contribution in [3.05, 3.63) is 23.8 Å². The first-order valence-electron chi connectivity index (χ1n) is 6.85. The minimum atomic E-state index is -3.51. The quantitative estimate of drug-likeness (QED) is 0.854. The Bertz CT molecular complexity index is 578. The Balaban J connectivity index is 2.25. The number of anilines is 1. The summed E-state index contributed by atoms with van der Waals surface area (Å²) in [4.78, 5) is 2.43. The third-order valence-corrected chi connectivity index (χ3v) is 6.01. The molecule has 1 heterocycles. The minimum absolute atomic E-state index is 0.0527. The fourth-order valence-corrected chi connectivity index (χ4v) is 4.12. The molecule has 6 heteroatoms. The number of benzene rings is 1. The van der Waals surface area contributed by atoms with Crippen LogP contribution in [0, 0.1) is 6.92 Å². The van der Waals surface area contributed by atoms with Crippen LogP contribution in [-0.2, 0) is 10.0 Å². The summed E-state index contributed by atoms with van der Waals surface area (Å²) in [5.41, 5.74) is 7.17. The van der Waals surface area contributed by atoms with Crippen LogP contribution in [0.1, 0.15) is 18.4 Å². The van der Waals surface area contributed by atoms with E-state index in [4.69, 9.17) is 5.73 Å². The van der Waals surface area contributed by atoms with E-state index in [2.05, 4.69) is 11.9 Å². The van der Waals surface area contributed by atoms with Gasteiger partial charge in [-0.3, -0.25) is 0 Å². The summed E-state index contributed by atoms with van der Waals surface area (Å²) >= 11 is 0. The van der Waals surface area contributed by atoms with Crippen LogP contribution in [0.5, 0.6) is 0 Å². The highest BCUT2D eigenvalue weighted by molar-refractivity contribution is 7.89. The molecule has 0 aromatic heterocycles. The van der Waals surface area contributed by atoms with Crippen LogP contribution < -0.4 is 5.73 Å². The molecule has 0 bridgehead atoms. The van der Waals surface area contributed by atoms with Gasteiger partial charge in [0.05, 0.1) is 5.69 Å². The second-order valence-electron chi connectivity index (χ2n) is 5.60. The smallest absolute Gasteiger partial charge is 0.245 e. The summed E-state index contributed by atoms with van der Waals surface area (Å²) < 4.78 is 26.8. The van der Waals surface area contributed by atoms with E-state index in [0.29, 0.717) is 5.69 Å². The van der Waals surface area contributed by atoms with E-state index in [1.807, 2.05) is 6.92 Å². The zero-order valence-electron chi connectivity index (χ0n) is 12.3. The second-order valence-corrected chi connectivity index (χ2v) is 7.56. The van der Waals surface area contributed by atoms with E-state index in [-0.39, 0.29) is 10.9 Å². The highest BCUT2D eigenvalue weighted by Gasteiger charge is 2.31. The lowest BCUT2D eigenvalue weighted by Gasteiger charge is -2.34. The molecule has 1 saturated heterocycles. The Hall–Kier alpha value is -1.11. The Morgan fingerprint density at radius 3 is 2.45 bits per heavy atom. The standard InChI is InChI=1S/C14H23N3O2S/c1-11-4-5-14(13(15)10-11)20(18,19)17(3)12-6-8-16(2)9-7-12/h4-5,10,12H,6-9,15H2,1-3H3. The average Bonchev–Trinajstić information content (AvgIpc) is 2.38. The van der Waals surface area contributed by atoms with Gasteiger partial charge in [-0.1, -0.05) is 6.07 Å². The van der Waals surface area contributed by atoms with E-state index in [9.17, 15) is 8.42 Å². The van der Waals surface area contributed by atoms with Gasteiger partial charge in [0.15, 0.2) is 0 Å². The van der Waals surface area contributed by atoms with E-state index in [0.717, 1.165) is 31.5 Å². The van der Waals surface area contributed by atoms with Gasteiger partial charge in [-0.15, -0.1) is 0 Å². The number of rotatable bonds is 3. The Kier molecular flexibility index (Phi) is 4.36. The Labute approximate surface area is 121 Å². The lowest BCUT2D eigenvalue weighted by atomic mass is 10.1. The summed E-state index contributed by atoms with van der Waals surface area (Å²) in [6.07, 6.45) is 1.72. The number of likely N-dealkylation sites (tertiary alicyclic amines) is 1. The highest BCUT2D eigenvalue weighted by atomic mass is 32.2. The third-order valence-electron chi connectivity index (χ3n) is 4.02. The maximum absolute atomic E-state index is 12.7. The lowest BCUT2D eigenvalue weighted by molar-refractivity contribution is 0.197. The predicted octanol–water partition coefficient (Wildman–Crippen LogP) is 1.29. The van der Waals surface area contributed by atoms with E-state index < -0.39 is 10.0 Å². The van der Waals surface area contributed by atoms with E-state index in [1.165, 1.54) is 4.31 Å². The maximum Gasteiger partial charge on any atom is 0.245 e. The van der Waals surface area contributed by atoms with E-state index in [1.54, 1.807) is 25.2 Å². The van der Waals surface area contributed by atoms with Gasteiger partial charge in [-0.25, -0.2) is 8.42 Å². The molecule has 2 rings (SSSR count). The molecule has 0 atom stereocenters. The normalized spacial score (nSPS) is 18.6. The molecule has 0 amide bonds. The molecule has 0 radical (unpaired) electrons. The van der Waals surface area contributed by atoms with Gasteiger partial charge in [-0.05, 0) is 57.6 Å². The number of aryl methyl sites for hydroxylation is 1. The van der Waals surface area contributed by atoms with Gasteiger partial charge in [0.25, 0.3) is 0 Å². The summed E-state index contributed by atoms with van der Waals surface area (Å²) in [5, 5.41) is 0. The van der Waals surface area contributed by atoms with Crippen LogP contribution in [0.15, 0.2) is 23.1 Å². The Morgan fingerprint density at radius 2 is 1.90 bits per heavy atom.